The minimum Gasteiger partial charge on any atom is -0.356 e. The maximum atomic E-state index is 11.4. The quantitative estimate of drug-likeness (QED) is 0.804. The maximum Gasteiger partial charge on any atom is 0.221 e. The summed E-state index contributed by atoms with van der Waals surface area (Å²) >= 11 is 0. The molecule has 1 unspecified atom stereocenters. The van der Waals surface area contributed by atoms with Crippen molar-refractivity contribution in [3.8, 4) is 0 Å². The molecular weight excluding hydrogens is 228 g/mol. The first-order valence-electron chi connectivity index (χ1n) is 6.72. The molecule has 0 aliphatic carbocycles. The van der Waals surface area contributed by atoms with E-state index >= 15 is 0 Å². The lowest BCUT2D eigenvalue weighted by Crippen LogP contribution is -2.31. The predicted molar refractivity (Wildman–Crippen MR) is 70.1 cm³/mol. The molecule has 1 aliphatic heterocycles. The highest BCUT2D eigenvalue weighted by Gasteiger charge is 2.12. The zero-order chi connectivity index (χ0) is 13.0. The number of rotatable bonds is 5. The molecule has 0 spiro atoms. The van der Waals surface area contributed by atoms with Gasteiger partial charge in [0.1, 0.15) is 5.82 Å². The van der Waals surface area contributed by atoms with Crippen LogP contribution < -0.4 is 11.1 Å². The van der Waals surface area contributed by atoms with E-state index in [-0.39, 0.29) is 11.9 Å². The molecule has 2 rings (SSSR count). The number of hydrogen-bond donors (Lipinski definition) is 2. The summed E-state index contributed by atoms with van der Waals surface area (Å²) in [5.74, 6) is 1.21. The molecule has 1 aromatic rings. The molecule has 0 radical (unpaired) electrons. The second-order valence-electron chi connectivity index (χ2n) is 5.08. The fourth-order valence-corrected chi connectivity index (χ4v) is 2.29. The van der Waals surface area contributed by atoms with Crippen LogP contribution in [-0.4, -0.2) is 28.0 Å². The molecule has 1 amide bonds. The third-order valence-electron chi connectivity index (χ3n) is 3.17. The molecule has 0 aromatic carbocycles. The van der Waals surface area contributed by atoms with Crippen LogP contribution in [0.3, 0.4) is 0 Å². The summed E-state index contributed by atoms with van der Waals surface area (Å²) < 4.78 is 2.24. The zero-order valence-corrected chi connectivity index (χ0v) is 11.0. The van der Waals surface area contributed by atoms with E-state index < -0.39 is 0 Å². The van der Waals surface area contributed by atoms with E-state index in [9.17, 15) is 4.79 Å². The van der Waals surface area contributed by atoms with E-state index in [2.05, 4.69) is 21.1 Å². The van der Waals surface area contributed by atoms with Crippen LogP contribution in [0.15, 0.2) is 6.20 Å². The number of carbonyl (C=O) groups excluding carboxylic acids is 1. The van der Waals surface area contributed by atoms with Crippen molar-refractivity contribution in [2.75, 3.05) is 6.54 Å². The molecule has 18 heavy (non-hydrogen) atoms. The molecule has 0 bridgehead atoms. The van der Waals surface area contributed by atoms with Gasteiger partial charge in [-0.05, 0) is 19.8 Å². The number of nitrogens with one attached hydrogen (secondary N) is 1. The summed E-state index contributed by atoms with van der Waals surface area (Å²) in [6, 6.07) is -0.0788. The van der Waals surface area contributed by atoms with Crippen LogP contribution in [0.5, 0.6) is 0 Å². The minimum atomic E-state index is -0.0788. The van der Waals surface area contributed by atoms with Crippen LogP contribution in [-0.2, 0) is 24.2 Å². The molecular formula is C13H22N4O. The minimum absolute atomic E-state index is 0.0222. The lowest BCUT2D eigenvalue weighted by Gasteiger charge is -2.11. The van der Waals surface area contributed by atoms with E-state index in [1.54, 1.807) is 0 Å². The Bertz CT molecular complexity index is 388. The van der Waals surface area contributed by atoms with Gasteiger partial charge in [0.15, 0.2) is 0 Å². The van der Waals surface area contributed by atoms with Crippen LogP contribution in [0, 0.1) is 0 Å². The molecule has 100 valence electrons. The van der Waals surface area contributed by atoms with Crippen molar-refractivity contribution in [1.29, 1.82) is 0 Å². The first-order chi connectivity index (χ1) is 8.65. The number of carbonyl (C=O) groups is 1. The standard InChI is InChI=1S/C13H22N4O/c1-10(14)8-13(18)15-6-5-11-9-17-7-3-2-4-12(17)16-11/h9-10H,2-8,14H2,1H3,(H,15,18). The monoisotopic (exact) mass is 250 g/mol. The Morgan fingerprint density at radius 1 is 1.61 bits per heavy atom. The highest BCUT2D eigenvalue weighted by Crippen LogP contribution is 2.14. The average molecular weight is 250 g/mol. The molecule has 5 nitrogen and oxygen atoms in total. The van der Waals surface area contributed by atoms with Gasteiger partial charge in [-0.15, -0.1) is 0 Å². The molecule has 0 saturated heterocycles. The largest absolute Gasteiger partial charge is 0.356 e. The first kappa shape index (κ1) is 13.1. The highest BCUT2D eigenvalue weighted by molar-refractivity contribution is 5.76. The Morgan fingerprint density at radius 2 is 2.44 bits per heavy atom. The van der Waals surface area contributed by atoms with Gasteiger partial charge in [0.05, 0.1) is 5.69 Å². The van der Waals surface area contributed by atoms with E-state index in [4.69, 9.17) is 5.73 Å². The van der Waals surface area contributed by atoms with Crippen LogP contribution in [0.25, 0.3) is 0 Å². The number of nitrogens with two attached hydrogens (primary N) is 1. The van der Waals surface area contributed by atoms with Crippen molar-refractivity contribution in [2.24, 2.45) is 5.73 Å². The Labute approximate surface area is 108 Å². The van der Waals surface area contributed by atoms with E-state index in [0.29, 0.717) is 13.0 Å². The maximum absolute atomic E-state index is 11.4. The van der Waals surface area contributed by atoms with Crippen molar-refractivity contribution < 1.29 is 4.79 Å². The van der Waals surface area contributed by atoms with Crippen molar-refractivity contribution in [2.45, 2.75) is 51.6 Å². The number of fused-ring (bicyclic) bond motifs is 1. The number of imidazole rings is 1. The summed E-state index contributed by atoms with van der Waals surface area (Å²) in [4.78, 5) is 16.0. The number of aryl methyl sites for hydroxylation is 2. The molecule has 1 aromatic heterocycles. The summed E-state index contributed by atoms with van der Waals surface area (Å²) in [7, 11) is 0. The van der Waals surface area contributed by atoms with Gasteiger partial charge in [-0.3, -0.25) is 4.79 Å². The summed E-state index contributed by atoms with van der Waals surface area (Å²) in [5, 5.41) is 2.87. The number of amides is 1. The Hall–Kier alpha value is -1.36. The smallest absolute Gasteiger partial charge is 0.221 e. The van der Waals surface area contributed by atoms with Crippen LogP contribution in [0.1, 0.15) is 37.7 Å². The normalized spacial score (nSPS) is 16.1. The number of nitrogens with zero attached hydrogens (tertiary/aromatic N) is 2. The molecule has 0 saturated carbocycles. The third kappa shape index (κ3) is 3.57. The number of aromatic nitrogens is 2. The third-order valence-corrected chi connectivity index (χ3v) is 3.17. The van der Waals surface area contributed by atoms with Crippen molar-refractivity contribution in [1.82, 2.24) is 14.9 Å². The van der Waals surface area contributed by atoms with E-state index in [1.807, 2.05) is 6.92 Å². The van der Waals surface area contributed by atoms with Crippen molar-refractivity contribution in [3.63, 3.8) is 0 Å². The van der Waals surface area contributed by atoms with Gasteiger partial charge in [0, 0.05) is 44.6 Å². The zero-order valence-electron chi connectivity index (χ0n) is 11.0. The van der Waals surface area contributed by atoms with E-state index in [1.165, 1.54) is 18.7 Å². The summed E-state index contributed by atoms with van der Waals surface area (Å²) in [6.07, 6.45) is 6.86. The Balaban J connectivity index is 1.76. The van der Waals surface area contributed by atoms with Crippen LogP contribution >= 0.6 is 0 Å². The van der Waals surface area contributed by atoms with E-state index in [0.717, 1.165) is 25.1 Å². The summed E-state index contributed by atoms with van der Waals surface area (Å²) in [5.41, 5.74) is 6.64. The average Bonchev–Trinajstić information content (AvgIpc) is 2.70. The lowest BCUT2D eigenvalue weighted by atomic mass is 10.2. The molecule has 3 N–H and O–H groups in total. The molecule has 0 fully saturated rings. The van der Waals surface area contributed by atoms with Crippen molar-refractivity contribution >= 4 is 5.91 Å². The molecule has 1 atom stereocenters. The number of hydrogen-bond acceptors (Lipinski definition) is 3. The lowest BCUT2D eigenvalue weighted by molar-refractivity contribution is -0.121. The van der Waals surface area contributed by atoms with Gasteiger partial charge >= 0.3 is 0 Å². The first-order valence-corrected chi connectivity index (χ1v) is 6.72. The van der Waals surface area contributed by atoms with Gasteiger partial charge in [-0.2, -0.15) is 0 Å². The second-order valence-corrected chi connectivity index (χ2v) is 5.08. The van der Waals surface area contributed by atoms with Gasteiger partial charge < -0.3 is 15.6 Å². The molecule has 5 heteroatoms. The second kappa shape index (κ2) is 6.00. The summed E-state index contributed by atoms with van der Waals surface area (Å²) in [6.45, 7) is 3.56. The van der Waals surface area contributed by atoms with Gasteiger partial charge in [-0.1, -0.05) is 0 Å². The topological polar surface area (TPSA) is 72.9 Å². The van der Waals surface area contributed by atoms with Crippen LogP contribution in [0.2, 0.25) is 0 Å². The van der Waals surface area contributed by atoms with Gasteiger partial charge in [0.25, 0.3) is 0 Å². The Kier molecular flexibility index (Phi) is 4.36. The van der Waals surface area contributed by atoms with Crippen LogP contribution in [0.4, 0.5) is 0 Å². The highest BCUT2D eigenvalue weighted by atomic mass is 16.1. The van der Waals surface area contributed by atoms with Crippen molar-refractivity contribution in [3.05, 3.63) is 17.7 Å². The van der Waals surface area contributed by atoms with Gasteiger partial charge in [-0.25, -0.2) is 4.98 Å². The predicted octanol–water partition coefficient (Wildman–Crippen LogP) is 0.615. The Morgan fingerprint density at radius 3 is 3.17 bits per heavy atom. The SMILES string of the molecule is CC(N)CC(=O)NCCc1cn2c(n1)CCCC2. The molecule has 1 aliphatic rings. The molecule has 2 heterocycles. The van der Waals surface area contributed by atoms with Gasteiger partial charge in [0.2, 0.25) is 5.91 Å². The fraction of sp³-hybridized carbons (Fsp3) is 0.692. The fourth-order valence-electron chi connectivity index (χ4n) is 2.29.